The van der Waals surface area contributed by atoms with Crippen LogP contribution in [0, 0.1) is 0 Å². The van der Waals surface area contributed by atoms with Crippen molar-refractivity contribution in [3.63, 3.8) is 0 Å². The molecule has 0 bridgehead atoms. The molecular formula is C13H8Cl2N2O. The third-order valence-electron chi connectivity index (χ3n) is 2.54. The predicted molar refractivity (Wildman–Crippen MR) is 73.9 cm³/mol. The van der Waals surface area contributed by atoms with Crippen LogP contribution in [0.3, 0.4) is 0 Å². The number of oxazole rings is 1. The quantitative estimate of drug-likeness (QED) is 0.672. The number of nitrogens with zero attached hydrogens (tertiary/aromatic N) is 1. The number of nitrogen functional groups attached to an aromatic ring is 1. The molecule has 1 heterocycles. The largest absolute Gasteiger partial charge is 0.435 e. The normalized spacial score (nSPS) is 11.0. The van der Waals surface area contributed by atoms with E-state index < -0.39 is 0 Å². The summed E-state index contributed by atoms with van der Waals surface area (Å²) in [5, 5.41) is 1.08. The highest BCUT2D eigenvalue weighted by molar-refractivity contribution is 6.35. The number of hydrogen-bond acceptors (Lipinski definition) is 3. The molecule has 0 saturated carbocycles. The maximum Gasteiger partial charge on any atom is 0.227 e. The molecule has 18 heavy (non-hydrogen) atoms. The molecule has 5 heteroatoms. The third kappa shape index (κ3) is 1.92. The number of hydrogen-bond donors (Lipinski definition) is 1. The second-order valence-corrected chi connectivity index (χ2v) is 4.72. The van der Waals surface area contributed by atoms with Crippen LogP contribution in [-0.2, 0) is 0 Å². The summed E-state index contributed by atoms with van der Waals surface area (Å²) >= 11 is 12.0. The van der Waals surface area contributed by atoms with Gasteiger partial charge >= 0.3 is 0 Å². The van der Waals surface area contributed by atoms with Gasteiger partial charge in [-0.25, -0.2) is 4.98 Å². The van der Waals surface area contributed by atoms with Crippen LogP contribution in [0.1, 0.15) is 0 Å². The first kappa shape index (κ1) is 11.4. The Hall–Kier alpha value is -1.71. The first-order chi connectivity index (χ1) is 8.63. The van der Waals surface area contributed by atoms with Gasteiger partial charge in [-0.2, -0.15) is 0 Å². The van der Waals surface area contributed by atoms with Gasteiger partial charge in [-0.05, 0) is 30.3 Å². The van der Waals surface area contributed by atoms with E-state index in [0.717, 1.165) is 5.56 Å². The van der Waals surface area contributed by atoms with Crippen LogP contribution in [0.5, 0.6) is 0 Å². The molecule has 3 nitrogen and oxygen atoms in total. The van der Waals surface area contributed by atoms with Crippen LogP contribution >= 0.6 is 23.2 Å². The Morgan fingerprint density at radius 2 is 1.94 bits per heavy atom. The van der Waals surface area contributed by atoms with E-state index in [1.165, 1.54) is 0 Å². The maximum absolute atomic E-state index is 6.05. The summed E-state index contributed by atoms with van der Waals surface area (Å²) in [4.78, 5) is 4.36. The van der Waals surface area contributed by atoms with Gasteiger partial charge in [0.25, 0.3) is 0 Å². The van der Waals surface area contributed by atoms with E-state index in [1.54, 1.807) is 24.3 Å². The monoisotopic (exact) mass is 278 g/mol. The summed E-state index contributed by atoms with van der Waals surface area (Å²) in [7, 11) is 0. The Morgan fingerprint density at radius 1 is 1.11 bits per heavy atom. The molecule has 0 aliphatic heterocycles. The zero-order valence-electron chi connectivity index (χ0n) is 9.15. The molecule has 0 radical (unpaired) electrons. The lowest BCUT2D eigenvalue weighted by atomic mass is 10.2. The summed E-state index contributed by atoms with van der Waals surface area (Å²) in [5.41, 5.74) is 8.23. The number of benzene rings is 2. The summed E-state index contributed by atoms with van der Waals surface area (Å²) in [6.45, 7) is 0. The topological polar surface area (TPSA) is 52.0 Å². The molecule has 0 saturated heterocycles. The van der Waals surface area contributed by atoms with E-state index >= 15 is 0 Å². The molecule has 0 unspecified atom stereocenters. The van der Waals surface area contributed by atoms with Crippen molar-refractivity contribution in [1.82, 2.24) is 4.98 Å². The van der Waals surface area contributed by atoms with Crippen molar-refractivity contribution in [2.75, 3.05) is 5.73 Å². The van der Waals surface area contributed by atoms with Gasteiger partial charge in [-0.1, -0.05) is 29.3 Å². The number of nitrogens with two attached hydrogens (primary N) is 1. The number of halogens is 2. The van der Waals surface area contributed by atoms with Gasteiger partial charge in [0.1, 0.15) is 5.52 Å². The SMILES string of the molecule is Nc1cc(Cl)c2oc(-c3cccc(Cl)c3)nc2c1. The smallest absolute Gasteiger partial charge is 0.227 e. The standard InChI is InChI=1S/C13H8Cl2N2O/c14-8-3-1-2-7(4-8)13-17-11-6-9(16)5-10(15)12(11)18-13/h1-6H,16H2. The first-order valence-corrected chi connectivity index (χ1v) is 6.00. The zero-order valence-corrected chi connectivity index (χ0v) is 10.7. The molecule has 3 rings (SSSR count). The first-order valence-electron chi connectivity index (χ1n) is 5.25. The van der Waals surface area contributed by atoms with Crippen LogP contribution in [-0.4, -0.2) is 4.98 Å². The molecule has 3 aromatic rings. The Bertz CT molecular complexity index is 737. The summed E-state index contributed by atoms with van der Waals surface area (Å²) in [6.07, 6.45) is 0. The molecule has 90 valence electrons. The molecule has 0 atom stereocenters. The lowest BCUT2D eigenvalue weighted by Gasteiger charge is -1.95. The van der Waals surface area contributed by atoms with E-state index in [4.69, 9.17) is 33.4 Å². The highest BCUT2D eigenvalue weighted by Crippen LogP contribution is 2.31. The fraction of sp³-hybridized carbons (Fsp3) is 0. The second kappa shape index (κ2) is 4.19. The van der Waals surface area contributed by atoms with Crippen LogP contribution < -0.4 is 5.73 Å². The molecule has 0 spiro atoms. The fourth-order valence-electron chi connectivity index (χ4n) is 1.76. The van der Waals surface area contributed by atoms with Crippen LogP contribution in [0.25, 0.3) is 22.6 Å². The number of anilines is 1. The van der Waals surface area contributed by atoms with Crippen LogP contribution in [0.2, 0.25) is 10.0 Å². The number of rotatable bonds is 1. The van der Waals surface area contributed by atoms with E-state index in [1.807, 2.05) is 12.1 Å². The molecule has 0 amide bonds. The van der Waals surface area contributed by atoms with Gasteiger partial charge in [0, 0.05) is 16.3 Å². The Morgan fingerprint density at radius 3 is 2.72 bits per heavy atom. The predicted octanol–water partition coefficient (Wildman–Crippen LogP) is 4.38. The molecule has 1 aromatic heterocycles. The van der Waals surface area contributed by atoms with Crippen LogP contribution in [0.15, 0.2) is 40.8 Å². The van der Waals surface area contributed by atoms with Gasteiger partial charge in [-0.3, -0.25) is 0 Å². The van der Waals surface area contributed by atoms with Crippen molar-refractivity contribution in [3.05, 3.63) is 46.4 Å². The second-order valence-electron chi connectivity index (χ2n) is 3.88. The van der Waals surface area contributed by atoms with Gasteiger partial charge in [0.05, 0.1) is 5.02 Å². The van der Waals surface area contributed by atoms with E-state index in [-0.39, 0.29) is 0 Å². The molecule has 0 fully saturated rings. The molecule has 0 aliphatic carbocycles. The van der Waals surface area contributed by atoms with Crippen molar-refractivity contribution in [1.29, 1.82) is 0 Å². The minimum Gasteiger partial charge on any atom is -0.435 e. The van der Waals surface area contributed by atoms with Crippen molar-refractivity contribution in [2.24, 2.45) is 0 Å². The van der Waals surface area contributed by atoms with Gasteiger partial charge < -0.3 is 10.2 Å². The fourth-order valence-corrected chi connectivity index (χ4v) is 2.21. The third-order valence-corrected chi connectivity index (χ3v) is 3.05. The highest BCUT2D eigenvalue weighted by Gasteiger charge is 2.11. The summed E-state index contributed by atoms with van der Waals surface area (Å²) in [5.74, 6) is 0.472. The molecule has 0 aliphatic rings. The van der Waals surface area contributed by atoms with E-state index in [2.05, 4.69) is 4.98 Å². The van der Waals surface area contributed by atoms with Crippen molar-refractivity contribution < 1.29 is 4.42 Å². The molecule has 2 aromatic carbocycles. The lowest BCUT2D eigenvalue weighted by molar-refractivity contribution is 0.620. The minimum atomic E-state index is 0.450. The van der Waals surface area contributed by atoms with Crippen LogP contribution in [0.4, 0.5) is 5.69 Å². The average Bonchev–Trinajstić information content (AvgIpc) is 2.73. The Labute approximate surface area is 113 Å². The van der Waals surface area contributed by atoms with E-state index in [0.29, 0.717) is 32.7 Å². The van der Waals surface area contributed by atoms with Gasteiger partial charge in [0.15, 0.2) is 5.58 Å². The van der Waals surface area contributed by atoms with Gasteiger partial charge in [0.2, 0.25) is 5.89 Å². The molecular weight excluding hydrogens is 271 g/mol. The number of aromatic nitrogens is 1. The lowest BCUT2D eigenvalue weighted by Crippen LogP contribution is -1.83. The zero-order chi connectivity index (χ0) is 12.7. The van der Waals surface area contributed by atoms with Crippen molar-refractivity contribution in [3.8, 4) is 11.5 Å². The maximum atomic E-state index is 6.05. The van der Waals surface area contributed by atoms with Crippen molar-refractivity contribution >= 4 is 40.0 Å². The highest BCUT2D eigenvalue weighted by atomic mass is 35.5. The average molecular weight is 279 g/mol. The minimum absolute atomic E-state index is 0.450. The Kier molecular flexibility index (Phi) is 2.65. The number of fused-ring (bicyclic) bond motifs is 1. The summed E-state index contributed by atoms with van der Waals surface area (Å²) < 4.78 is 5.64. The van der Waals surface area contributed by atoms with Gasteiger partial charge in [-0.15, -0.1) is 0 Å². The van der Waals surface area contributed by atoms with Crippen molar-refractivity contribution in [2.45, 2.75) is 0 Å². The summed E-state index contributed by atoms with van der Waals surface area (Å²) in [6, 6.07) is 10.6. The van der Waals surface area contributed by atoms with E-state index in [9.17, 15) is 0 Å². The molecule has 2 N–H and O–H groups in total. The Balaban J connectivity index is 2.22.